The predicted octanol–water partition coefficient (Wildman–Crippen LogP) is 6.19. The van der Waals surface area contributed by atoms with Crippen molar-refractivity contribution in [3.8, 4) is 0 Å². The number of hydrogen-bond donors (Lipinski definition) is 1. The van der Waals surface area contributed by atoms with E-state index >= 15 is 0 Å². The summed E-state index contributed by atoms with van der Waals surface area (Å²) < 4.78 is 106. The summed E-state index contributed by atoms with van der Waals surface area (Å²) in [4.78, 5) is 12.3. The van der Waals surface area contributed by atoms with Crippen molar-refractivity contribution in [1.82, 2.24) is 4.31 Å². The van der Waals surface area contributed by atoms with E-state index in [4.69, 9.17) is 11.6 Å². The van der Waals surface area contributed by atoms with Crippen molar-refractivity contribution >= 4 is 33.2 Å². The highest BCUT2D eigenvalue weighted by molar-refractivity contribution is 7.89. The molecule has 1 heterocycles. The van der Waals surface area contributed by atoms with Crippen molar-refractivity contribution in [2.24, 2.45) is 0 Å². The molecule has 0 aliphatic carbocycles. The van der Waals surface area contributed by atoms with Crippen LogP contribution in [0, 0.1) is 0 Å². The number of nitrogens with zero attached hydrogens (tertiary/aromatic N) is 1. The Balaban J connectivity index is 1.95. The summed E-state index contributed by atoms with van der Waals surface area (Å²) in [5.41, 5.74) is -4.25. The third kappa shape index (κ3) is 6.02. The fourth-order valence-corrected chi connectivity index (χ4v) is 5.51. The number of halogens is 7. The quantitative estimate of drug-likeness (QED) is 0.481. The van der Waals surface area contributed by atoms with Gasteiger partial charge in [-0.25, -0.2) is 8.42 Å². The Bertz CT molecular complexity index is 1140. The molecule has 1 amide bonds. The van der Waals surface area contributed by atoms with E-state index in [-0.39, 0.29) is 34.6 Å². The molecule has 2 aromatic carbocycles. The van der Waals surface area contributed by atoms with E-state index in [0.717, 1.165) is 31.0 Å². The van der Waals surface area contributed by atoms with Crippen LogP contribution in [0.4, 0.5) is 32.0 Å². The Kier molecular flexibility index (Phi) is 7.54. The largest absolute Gasteiger partial charge is 0.416 e. The number of benzene rings is 2. The van der Waals surface area contributed by atoms with Crippen molar-refractivity contribution in [3.05, 3.63) is 58.1 Å². The number of alkyl halides is 6. The standard InChI is InChI=1S/C21H19ClF6N2O3S/c22-17-6-5-13(9-18(17)34(32,33)30-7-3-1-2-4-8-30)19(31)29-16-11-14(20(23,24)25)10-15(12-16)21(26,27)28/h5-6,9-12H,1-4,7-8H2,(H,29,31). The molecule has 34 heavy (non-hydrogen) atoms. The molecule has 1 fully saturated rings. The monoisotopic (exact) mass is 528 g/mol. The molecule has 13 heteroatoms. The number of hydrogen-bond acceptors (Lipinski definition) is 3. The van der Waals surface area contributed by atoms with Gasteiger partial charge in [0.1, 0.15) is 4.90 Å². The van der Waals surface area contributed by atoms with E-state index in [0.29, 0.717) is 25.0 Å². The molecule has 3 rings (SSSR count). The van der Waals surface area contributed by atoms with Gasteiger partial charge in [-0.2, -0.15) is 30.6 Å². The van der Waals surface area contributed by atoms with Crippen molar-refractivity contribution in [2.75, 3.05) is 18.4 Å². The lowest BCUT2D eigenvalue weighted by atomic mass is 10.1. The lowest BCUT2D eigenvalue weighted by Gasteiger charge is -2.21. The summed E-state index contributed by atoms with van der Waals surface area (Å²) in [5.74, 6) is -1.10. The Morgan fingerprint density at radius 2 is 1.38 bits per heavy atom. The zero-order chi connectivity index (χ0) is 25.3. The van der Waals surface area contributed by atoms with Gasteiger partial charge in [0.2, 0.25) is 10.0 Å². The highest BCUT2D eigenvalue weighted by atomic mass is 35.5. The van der Waals surface area contributed by atoms with Gasteiger partial charge >= 0.3 is 12.4 Å². The molecule has 0 bridgehead atoms. The summed E-state index contributed by atoms with van der Waals surface area (Å²) in [5, 5.41) is 1.81. The molecule has 0 radical (unpaired) electrons. The van der Waals surface area contributed by atoms with Crippen LogP contribution in [-0.4, -0.2) is 31.7 Å². The van der Waals surface area contributed by atoms with Gasteiger partial charge in [-0.3, -0.25) is 4.79 Å². The van der Waals surface area contributed by atoms with Crippen LogP contribution < -0.4 is 5.32 Å². The molecule has 186 valence electrons. The average molecular weight is 529 g/mol. The minimum Gasteiger partial charge on any atom is -0.322 e. The van der Waals surface area contributed by atoms with Crippen LogP contribution in [-0.2, 0) is 22.4 Å². The third-order valence-corrected chi connectivity index (χ3v) is 7.60. The Hall–Kier alpha value is -2.31. The number of sulfonamides is 1. The van der Waals surface area contributed by atoms with Crippen LogP contribution in [0.25, 0.3) is 0 Å². The fourth-order valence-electron chi connectivity index (χ4n) is 3.49. The number of amides is 1. The van der Waals surface area contributed by atoms with E-state index < -0.39 is 45.1 Å². The molecule has 0 saturated carbocycles. The van der Waals surface area contributed by atoms with Gasteiger partial charge < -0.3 is 5.32 Å². The summed E-state index contributed by atoms with van der Waals surface area (Å²) in [6.45, 7) is 0.527. The number of carbonyl (C=O) groups excluding carboxylic acids is 1. The zero-order valence-corrected chi connectivity index (χ0v) is 19.0. The first-order valence-electron chi connectivity index (χ1n) is 10.1. The molecular formula is C21H19ClF6N2O3S. The van der Waals surface area contributed by atoms with Crippen LogP contribution >= 0.6 is 11.6 Å². The van der Waals surface area contributed by atoms with Gasteiger partial charge in [0.05, 0.1) is 16.1 Å². The number of nitrogens with one attached hydrogen (secondary N) is 1. The number of rotatable bonds is 4. The molecule has 1 aliphatic heterocycles. The van der Waals surface area contributed by atoms with Crippen LogP contribution in [0.5, 0.6) is 0 Å². The minimum atomic E-state index is -5.09. The highest BCUT2D eigenvalue weighted by Gasteiger charge is 2.37. The fraction of sp³-hybridized carbons (Fsp3) is 0.381. The molecule has 2 aromatic rings. The highest BCUT2D eigenvalue weighted by Crippen LogP contribution is 2.37. The van der Waals surface area contributed by atoms with Gasteiger partial charge in [-0.15, -0.1) is 0 Å². The number of carbonyl (C=O) groups is 1. The second-order valence-electron chi connectivity index (χ2n) is 7.71. The van der Waals surface area contributed by atoms with Crippen molar-refractivity contribution in [3.63, 3.8) is 0 Å². The maximum absolute atomic E-state index is 13.1. The lowest BCUT2D eigenvalue weighted by molar-refractivity contribution is -0.143. The topological polar surface area (TPSA) is 66.5 Å². The summed E-state index contributed by atoms with van der Waals surface area (Å²) >= 11 is 6.06. The van der Waals surface area contributed by atoms with Gasteiger partial charge in [0.15, 0.2) is 0 Å². The predicted molar refractivity (Wildman–Crippen MR) is 113 cm³/mol. The molecule has 1 saturated heterocycles. The Labute approximate surface area is 196 Å². The van der Waals surface area contributed by atoms with Crippen LogP contribution in [0.1, 0.15) is 47.2 Å². The van der Waals surface area contributed by atoms with Crippen LogP contribution in [0.15, 0.2) is 41.3 Å². The first-order valence-corrected chi connectivity index (χ1v) is 11.9. The van der Waals surface area contributed by atoms with Crippen LogP contribution in [0.3, 0.4) is 0 Å². The summed E-state index contributed by atoms with van der Waals surface area (Å²) in [6, 6.07) is 3.86. The molecule has 5 nitrogen and oxygen atoms in total. The van der Waals surface area contributed by atoms with Crippen molar-refractivity contribution < 1.29 is 39.6 Å². The van der Waals surface area contributed by atoms with Crippen LogP contribution in [0.2, 0.25) is 5.02 Å². The summed E-state index contributed by atoms with van der Waals surface area (Å²) in [7, 11) is -4.07. The van der Waals surface area contributed by atoms with Gasteiger partial charge in [0.25, 0.3) is 5.91 Å². The van der Waals surface area contributed by atoms with E-state index in [9.17, 15) is 39.6 Å². The first kappa shape index (κ1) is 26.3. The average Bonchev–Trinajstić information content (AvgIpc) is 3.02. The van der Waals surface area contributed by atoms with E-state index in [1.54, 1.807) is 0 Å². The molecule has 1 N–H and O–H groups in total. The van der Waals surface area contributed by atoms with Gasteiger partial charge in [-0.05, 0) is 49.2 Å². The first-order chi connectivity index (χ1) is 15.7. The maximum atomic E-state index is 13.1. The molecule has 0 unspecified atom stereocenters. The van der Waals surface area contributed by atoms with Crippen molar-refractivity contribution in [2.45, 2.75) is 42.9 Å². The maximum Gasteiger partial charge on any atom is 0.416 e. The second-order valence-corrected chi connectivity index (χ2v) is 10.0. The van der Waals surface area contributed by atoms with E-state index in [2.05, 4.69) is 0 Å². The second kappa shape index (κ2) is 9.74. The normalized spacial score (nSPS) is 16.2. The molecule has 0 atom stereocenters. The number of anilines is 1. The molecule has 0 spiro atoms. The Morgan fingerprint density at radius 1 is 0.853 bits per heavy atom. The minimum absolute atomic E-state index is 0.0657. The zero-order valence-electron chi connectivity index (χ0n) is 17.4. The van der Waals surface area contributed by atoms with Gasteiger partial charge in [-0.1, -0.05) is 24.4 Å². The lowest BCUT2D eigenvalue weighted by Crippen LogP contribution is -2.32. The van der Waals surface area contributed by atoms with Crippen molar-refractivity contribution in [1.29, 1.82) is 0 Å². The smallest absolute Gasteiger partial charge is 0.322 e. The summed E-state index contributed by atoms with van der Waals surface area (Å²) in [6.07, 6.45) is -7.16. The molecular weight excluding hydrogens is 510 g/mol. The molecule has 0 aromatic heterocycles. The third-order valence-electron chi connectivity index (χ3n) is 5.22. The van der Waals surface area contributed by atoms with E-state index in [1.807, 2.05) is 5.32 Å². The SMILES string of the molecule is O=C(Nc1cc(C(F)(F)F)cc(C(F)(F)F)c1)c1ccc(Cl)c(S(=O)(=O)N2CCCCCC2)c1. The van der Waals surface area contributed by atoms with Gasteiger partial charge in [0, 0.05) is 24.3 Å². The van der Waals surface area contributed by atoms with E-state index in [1.165, 1.54) is 4.31 Å². The molecule has 1 aliphatic rings. The Morgan fingerprint density at radius 3 is 1.88 bits per heavy atom.